The van der Waals surface area contributed by atoms with Crippen molar-refractivity contribution in [2.75, 3.05) is 26.3 Å². The summed E-state index contributed by atoms with van der Waals surface area (Å²) in [6, 6.07) is 16.4. The van der Waals surface area contributed by atoms with Gasteiger partial charge in [-0.15, -0.1) is 0 Å². The lowest BCUT2D eigenvalue weighted by molar-refractivity contribution is 0.214. The third-order valence-electron chi connectivity index (χ3n) is 3.88. The molecule has 23 heavy (non-hydrogen) atoms. The van der Waals surface area contributed by atoms with Crippen LogP contribution in [0.5, 0.6) is 11.5 Å². The summed E-state index contributed by atoms with van der Waals surface area (Å²) in [5.74, 6) is 1.87. The van der Waals surface area contributed by atoms with E-state index < -0.39 is 0 Å². The predicted octanol–water partition coefficient (Wildman–Crippen LogP) is 2.73. The summed E-state index contributed by atoms with van der Waals surface area (Å²) in [6.45, 7) is 4.71. The summed E-state index contributed by atoms with van der Waals surface area (Å²) in [4.78, 5) is 0. The Bertz CT molecular complexity index is 562. The van der Waals surface area contributed by atoms with Crippen molar-refractivity contribution in [2.45, 2.75) is 19.5 Å². The van der Waals surface area contributed by atoms with Crippen molar-refractivity contribution in [3.05, 3.63) is 59.7 Å². The van der Waals surface area contributed by atoms with E-state index >= 15 is 0 Å². The number of hydrogen-bond donors (Lipinski definition) is 2. The van der Waals surface area contributed by atoms with Gasteiger partial charge in [-0.1, -0.05) is 36.4 Å². The van der Waals surface area contributed by atoms with Gasteiger partial charge in [0.2, 0.25) is 0 Å². The van der Waals surface area contributed by atoms with Crippen LogP contribution in [-0.4, -0.2) is 26.3 Å². The number of rotatable bonds is 0. The summed E-state index contributed by atoms with van der Waals surface area (Å²) in [7, 11) is 0. The van der Waals surface area contributed by atoms with E-state index in [0.717, 1.165) is 44.1 Å². The molecule has 0 saturated carbocycles. The van der Waals surface area contributed by atoms with Crippen LogP contribution in [-0.2, 0) is 13.1 Å². The number of ether oxygens (including phenoxy) is 2. The Morgan fingerprint density at radius 1 is 0.652 bits per heavy atom. The van der Waals surface area contributed by atoms with E-state index in [-0.39, 0.29) is 0 Å². The number of para-hydroxylation sites is 2. The number of hydrogen-bond acceptors (Lipinski definition) is 4. The molecular weight excluding hydrogens is 288 g/mol. The molecule has 2 aromatic rings. The van der Waals surface area contributed by atoms with Crippen molar-refractivity contribution in [2.24, 2.45) is 0 Å². The van der Waals surface area contributed by atoms with Gasteiger partial charge in [0.05, 0.1) is 0 Å². The second-order valence-corrected chi connectivity index (χ2v) is 5.62. The molecule has 0 aliphatic carbocycles. The Balaban J connectivity index is 1.68. The number of benzene rings is 2. The highest BCUT2D eigenvalue weighted by Crippen LogP contribution is 2.19. The Morgan fingerprint density at radius 3 is 1.65 bits per heavy atom. The first-order valence-electron chi connectivity index (χ1n) is 8.26. The SMILES string of the molecule is c1ccc2c(c1)CNCCCNCc1ccccc1OCCO2. The topological polar surface area (TPSA) is 42.5 Å². The summed E-state index contributed by atoms with van der Waals surface area (Å²) in [6.07, 6.45) is 1.09. The average molecular weight is 312 g/mol. The Hall–Kier alpha value is -2.04. The minimum atomic E-state index is 0.540. The molecule has 0 atom stereocenters. The Kier molecular flexibility index (Phi) is 5.89. The van der Waals surface area contributed by atoms with Crippen molar-refractivity contribution in [3.8, 4) is 11.5 Å². The third kappa shape index (κ3) is 4.71. The second kappa shape index (κ2) is 8.56. The molecular formula is C19H24N2O2. The van der Waals surface area contributed by atoms with E-state index in [1.807, 2.05) is 36.4 Å². The highest BCUT2D eigenvalue weighted by molar-refractivity contribution is 5.34. The zero-order chi connectivity index (χ0) is 15.7. The molecule has 1 aliphatic heterocycles. The molecule has 4 nitrogen and oxygen atoms in total. The van der Waals surface area contributed by atoms with Gasteiger partial charge < -0.3 is 20.1 Å². The zero-order valence-corrected chi connectivity index (χ0v) is 13.4. The molecule has 3 rings (SSSR count). The van der Waals surface area contributed by atoms with Crippen LogP contribution in [0.3, 0.4) is 0 Å². The smallest absolute Gasteiger partial charge is 0.123 e. The van der Waals surface area contributed by atoms with Crippen molar-refractivity contribution in [3.63, 3.8) is 0 Å². The van der Waals surface area contributed by atoms with Crippen LogP contribution >= 0.6 is 0 Å². The summed E-state index contributed by atoms with van der Waals surface area (Å²) >= 11 is 0. The molecule has 0 amide bonds. The maximum absolute atomic E-state index is 5.90. The van der Waals surface area contributed by atoms with Crippen molar-refractivity contribution < 1.29 is 9.47 Å². The molecule has 1 heterocycles. The first-order chi connectivity index (χ1) is 11.4. The molecule has 0 spiro atoms. The van der Waals surface area contributed by atoms with E-state index in [9.17, 15) is 0 Å². The Morgan fingerprint density at radius 2 is 1.13 bits per heavy atom. The lowest BCUT2D eigenvalue weighted by Gasteiger charge is -2.13. The quantitative estimate of drug-likeness (QED) is 0.785. The molecule has 0 fully saturated rings. The van der Waals surface area contributed by atoms with Crippen molar-refractivity contribution in [1.29, 1.82) is 0 Å². The first-order valence-corrected chi connectivity index (χ1v) is 8.26. The molecule has 0 bridgehead atoms. The van der Waals surface area contributed by atoms with Crippen molar-refractivity contribution >= 4 is 0 Å². The van der Waals surface area contributed by atoms with Crippen LogP contribution in [0, 0.1) is 0 Å². The van der Waals surface area contributed by atoms with E-state index in [1.165, 1.54) is 11.1 Å². The highest BCUT2D eigenvalue weighted by Gasteiger charge is 2.06. The summed E-state index contributed by atoms with van der Waals surface area (Å²) in [5, 5.41) is 6.96. The van der Waals surface area contributed by atoms with Crippen LogP contribution in [0.15, 0.2) is 48.5 Å². The van der Waals surface area contributed by atoms with Gasteiger partial charge in [-0.2, -0.15) is 0 Å². The fraction of sp³-hybridized carbons (Fsp3) is 0.368. The molecule has 4 heteroatoms. The molecule has 0 saturated heterocycles. The molecule has 0 unspecified atom stereocenters. The first kappa shape index (κ1) is 15.8. The van der Waals surface area contributed by atoms with Gasteiger partial charge in [0.1, 0.15) is 24.7 Å². The fourth-order valence-corrected chi connectivity index (χ4v) is 2.67. The maximum atomic E-state index is 5.90. The summed E-state index contributed by atoms with van der Waals surface area (Å²) in [5.41, 5.74) is 2.38. The van der Waals surface area contributed by atoms with Gasteiger partial charge in [-0.05, 0) is 31.6 Å². The number of nitrogens with one attached hydrogen (secondary N) is 2. The minimum absolute atomic E-state index is 0.540. The van der Waals surface area contributed by atoms with Crippen molar-refractivity contribution in [1.82, 2.24) is 10.6 Å². The Labute approximate surface area is 137 Å². The third-order valence-corrected chi connectivity index (χ3v) is 3.88. The standard InChI is InChI=1S/C19H24N2O2/c1-3-8-18-16(6-1)14-20-10-5-11-21-15-17-7-2-4-9-19(17)23-13-12-22-18/h1-4,6-9,20-21H,5,10-15H2. The van der Waals surface area contributed by atoms with Gasteiger partial charge in [-0.25, -0.2) is 0 Å². The average Bonchev–Trinajstić information content (AvgIpc) is 2.60. The largest absolute Gasteiger partial charge is 0.490 e. The zero-order valence-electron chi connectivity index (χ0n) is 13.4. The van der Waals surface area contributed by atoms with Crippen LogP contribution < -0.4 is 20.1 Å². The van der Waals surface area contributed by atoms with E-state index in [1.54, 1.807) is 0 Å². The van der Waals surface area contributed by atoms with Gasteiger partial charge in [-0.3, -0.25) is 0 Å². The molecule has 2 N–H and O–H groups in total. The lowest BCUT2D eigenvalue weighted by atomic mass is 10.2. The molecule has 0 radical (unpaired) electrons. The highest BCUT2D eigenvalue weighted by atomic mass is 16.5. The molecule has 0 aromatic heterocycles. The number of fused-ring (bicyclic) bond motifs is 2. The van der Waals surface area contributed by atoms with Gasteiger partial charge in [0.25, 0.3) is 0 Å². The predicted molar refractivity (Wildman–Crippen MR) is 91.9 cm³/mol. The van der Waals surface area contributed by atoms with Gasteiger partial charge in [0.15, 0.2) is 0 Å². The van der Waals surface area contributed by atoms with E-state index in [0.29, 0.717) is 13.2 Å². The lowest BCUT2D eigenvalue weighted by Crippen LogP contribution is -2.21. The normalized spacial score (nSPS) is 16.7. The van der Waals surface area contributed by atoms with Gasteiger partial charge in [0, 0.05) is 24.2 Å². The fourth-order valence-electron chi connectivity index (χ4n) is 2.67. The molecule has 1 aliphatic rings. The van der Waals surface area contributed by atoms with E-state index in [2.05, 4.69) is 22.8 Å². The molecule has 122 valence electrons. The minimum Gasteiger partial charge on any atom is -0.490 e. The van der Waals surface area contributed by atoms with Crippen LogP contribution in [0.1, 0.15) is 17.5 Å². The van der Waals surface area contributed by atoms with Crippen LogP contribution in [0.25, 0.3) is 0 Å². The van der Waals surface area contributed by atoms with Gasteiger partial charge >= 0.3 is 0 Å². The molecule has 2 aromatic carbocycles. The van der Waals surface area contributed by atoms with Crippen LogP contribution in [0.4, 0.5) is 0 Å². The monoisotopic (exact) mass is 312 g/mol. The van der Waals surface area contributed by atoms with E-state index in [4.69, 9.17) is 9.47 Å². The van der Waals surface area contributed by atoms with Crippen LogP contribution in [0.2, 0.25) is 0 Å². The second-order valence-electron chi connectivity index (χ2n) is 5.62. The maximum Gasteiger partial charge on any atom is 0.123 e. The summed E-state index contributed by atoms with van der Waals surface area (Å²) < 4.78 is 11.8.